The molecule has 2 heterocycles. The van der Waals surface area contributed by atoms with Gasteiger partial charge < -0.3 is 25.0 Å². The van der Waals surface area contributed by atoms with Gasteiger partial charge in [-0.2, -0.15) is 0 Å². The Kier molecular flexibility index (Phi) is 8.84. The Morgan fingerprint density at radius 1 is 0.907 bits per heavy atom. The van der Waals surface area contributed by atoms with Gasteiger partial charge in [0.1, 0.15) is 0 Å². The van der Waals surface area contributed by atoms with Crippen molar-refractivity contribution < 1.29 is 23.1 Å². The molecule has 5 aromatic rings. The standard InChI is InChI=1S/C32H30N4O6S/c1-43(40,41)21-33-17-18-34-32(39)42-30-29(37)26-19-25(23-13-7-3-8-14-23)31(38)36(20-22-11-5-2-6-12-22)28(26)27(35-30)24-15-9-4-10-16-24/h2-16,19,33,37H,17-18,20-21H2,1H3,(H,34,39). The predicted octanol–water partition coefficient (Wildman–Crippen LogP) is 4.16. The Labute approximate surface area is 248 Å². The third-order valence-electron chi connectivity index (χ3n) is 6.62. The summed E-state index contributed by atoms with van der Waals surface area (Å²) in [6.07, 6.45) is 0.214. The number of pyridine rings is 2. The van der Waals surface area contributed by atoms with Gasteiger partial charge in [-0.25, -0.2) is 18.2 Å². The predicted molar refractivity (Wildman–Crippen MR) is 166 cm³/mol. The number of nitrogens with one attached hydrogen (secondary N) is 2. The molecule has 11 heteroatoms. The Morgan fingerprint density at radius 2 is 1.51 bits per heavy atom. The molecule has 0 atom stereocenters. The van der Waals surface area contributed by atoms with Crippen LogP contribution in [0.5, 0.6) is 11.6 Å². The fraction of sp³-hybridized carbons (Fsp3) is 0.156. The summed E-state index contributed by atoms with van der Waals surface area (Å²) in [7, 11) is -3.20. The number of amides is 1. The maximum Gasteiger partial charge on any atom is 0.414 e. The minimum absolute atomic E-state index is 0.0724. The van der Waals surface area contributed by atoms with E-state index >= 15 is 0 Å². The minimum atomic E-state index is -3.20. The Hall–Kier alpha value is -5.00. The van der Waals surface area contributed by atoms with Crippen molar-refractivity contribution in [1.82, 2.24) is 20.2 Å². The molecular formula is C32H30N4O6S. The Morgan fingerprint density at radius 3 is 2.14 bits per heavy atom. The van der Waals surface area contributed by atoms with Crippen LogP contribution in [0.2, 0.25) is 0 Å². The minimum Gasteiger partial charge on any atom is -0.503 e. The first-order chi connectivity index (χ1) is 20.7. The molecule has 10 nitrogen and oxygen atoms in total. The van der Waals surface area contributed by atoms with Gasteiger partial charge in [-0.05, 0) is 17.2 Å². The summed E-state index contributed by atoms with van der Waals surface area (Å²) < 4.78 is 29.6. The average molecular weight is 599 g/mol. The zero-order valence-corrected chi connectivity index (χ0v) is 24.2. The van der Waals surface area contributed by atoms with Crippen LogP contribution in [0.25, 0.3) is 33.3 Å². The van der Waals surface area contributed by atoms with Crippen molar-refractivity contribution in [2.45, 2.75) is 6.54 Å². The number of ether oxygens (including phenoxy) is 1. The van der Waals surface area contributed by atoms with Gasteiger partial charge in [0.2, 0.25) is 0 Å². The molecule has 0 fully saturated rings. The van der Waals surface area contributed by atoms with E-state index in [1.807, 2.05) is 91.0 Å². The lowest BCUT2D eigenvalue weighted by Crippen LogP contribution is -2.35. The number of carbonyl (C=O) groups is 1. The molecule has 43 heavy (non-hydrogen) atoms. The molecule has 5 rings (SSSR count). The summed E-state index contributed by atoms with van der Waals surface area (Å²) >= 11 is 0. The number of rotatable bonds is 10. The molecule has 0 saturated heterocycles. The van der Waals surface area contributed by atoms with Crippen molar-refractivity contribution >= 4 is 26.8 Å². The van der Waals surface area contributed by atoms with Crippen molar-refractivity contribution in [2.75, 3.05) is 25.2 Å². The first kappa shape index (κ1) is 29.5. The summed E-state index contributed by atoms with van der Waals surface area (Å²) in [5.74, 6) is -0.970. The van der Waals surface area contributed by atoms with Crippen LogP contribution >= 0.6 is 0 Å². The lowest BCUT2D eigenvalue weighted by Gasteiger charge is -2.19. The lowest BCUT2D eigenvalue weighted by molar-refractivity contribution is 0.197. The molecule has 0 unspecified atom stereocenters. The van der Waals surface area contributed by atoms with E-state index in [1.165, 1.54) is 0 Å². The molecule has 0 aliphatic carbocycles. The highest BCUT2D eigenvalue weighted by atomic mass is 32.2. The number of benzene rings is 3. The highest BCUT2D eigenvalue weighted by Crippen LogP contribution is 2.39. The van der Waals surface area contributed by atoms with Gasteiger partial charge in [0, 0.05) is 35.9 Å². The maximum atomic E-state index is 14.1. The summed E-state index contributed by atoms with van der Waals surface area (Å²) in [6, 6.07) is 29.3. The molecule has 1 amide bonds. The van der Waals surface area contributed by atoms with E-state index in [1.54, 1.807) is 10.6 Å². The number of aromatic nitrogens is 2. The Balaban J connectivity index is 1.64. The van der Waals surface area contributed by atoms with E-state index < -0.39 is 21.7 Å². The van der Waals surface area contributed by atoms with Crippen LogP contribution in [0.15, 0.2) is 102 Å². The first-order valence-electron chi connectivity index (χ1n) is 13.5. The second kappa shape index (κ2) is 12.9. The van der Waals surface area contributed by atoms with Crippen LogP contribution in [0.3, 0.4) is 0 Å². The molecule has 0 bridgehead atoms. The monoisotopic (exact) mass is 598 g/mol. The van der Waals surface area contributed by atoms with Crippen molar-refractivity contribution in [3.8, 4) is 34.0 Å². The second-order valence-electron chi connectivity index (χ2n) is 9.93. The van der Waals surface area contributed by atoms with E-state index in [4.69, 9.17) is 4.74 Å². The van der Waals surface area contributed by atoms with Crippen LogP contribution in [0.1, 0.15) is 5.56 Å². The van der Waals surface area contributed by atoms with E-state index in [9.17, 15) is 23.1 Å². The van der Waals surface area contributed by atoms with Gasteiger partial charge in [0.25, 0.3) is 11.4 Å². The number of hydrogen-bond acceptors (Lipinski definition) is 8. The van der Waals surface area contributed by atoms with E-state index in [0.29, 0.717) is 27.9 Å². The van der Waals surface area contributed by atoms with Crippen LogP contribution in [0.4, 0.5) is 4.79 Å². The fourth-order valence-electron chi connectivity index (χ4n) is 4.67. The van der Waals surface area contributed by atoms with E-state index in [-0.39, 0.29) is 42.3 Å². The highest BCUT2D eigenvalue weighted by Gasteiger charge is 2.23. The van der Waals surface area contributed by atoms with Crippen LogP contribution in [-0.4, -0.2) is 54.4 Å². The molecular weight excluding hydrogens is 568 g/mol. The van der Waals surface area contributed by atoms with Gasteiger partial charge >= 0.3 is 6.09 Å². The third kappa shape index (κ3) is 7.08. The molecule has 0 aliphatic heterocycles. The zero-order chi connectivity index (χ0) is 30.4. The molecule has 0 spiro atoms. The van der Waals surface area contributed by atoms with Gasteiger partial charge in [-0.15, -0.1) is 0 Å². The molecule has 2 aromatic heterocycles. The van der Waals surface area contributed by atoms with Crippen molar-refractivity contribution in [3.63, 3.8) is 0 Å². The first-order valence-corrected chi connectivity index (χ1v) is 15.6. The maximum absolute atomic E-state index is 14.1. The molecule has 220 valence electrons. The highest BCUT2D eigenvalue weighted by molar-refractivity contribution is 7.90. The molecule has 0 aliphatic rings. The van der Waals surface area contributed by atoms with Crippen LogP contribution < -0.4 is 20.9 Å². The van der Waals surface area contributed by atoms with E-state index in [0.717, 1.165) is 11.8 Å². The molecule has 0 saturated carbocycles. The topological polar surface area (TPSA) is 140 Å². The number of aromatic hydroxyl groups is 1. The molecule has 3 N–H and O–H groups in total. The van der Waals surface area contributed by atoms with Crippen molar-refractivity contribution in [2.24, 2.45) is 0 Å². The van der Waals surface area contributed by atoms with Gasteiger partial charge in [-0.3, -0.25) is 4.79 Å². The summed E-state index contributed by atoms with van der Waals surface area (Å²) in [5, 5.41) is 17.0. The molecule has 0 radical (unpaired) electrons. The number of sulfone groups is 1. The van der Waals surface area contributed by atoms with Crippen molar-refractivity contribution in [1.29, 1.82) is 0 Å². The zero-order valence-electron chi connectivity index (χ0n) is 23.4. The quantitative estimate of drug-likeness (QED) is 0.204. The number of fused-ring (bicyclic) bond motifs is 1. The van der Waals surface area contributed by atoms with Crippen LogP contribution in [0, 0.1) is 0 Å². The summed E-state index contributed by atoms with van der Waals surface area (Å²) in [6.45, 7) is 0.461. The number of hydrogen-bond donors (Lipinski definition) is 3. The third-order valence-corrected chi connectivity index (χ3v) is 7.35. The van der Waals surface area contributed by atoms with Gasteiger partial charge in [-0.1, -0.05) is 91.0 Å². The average Bonchev–Trinajstić information content (AvgIpc) is 3.00. The van der Waals surface area contributed by atoms with Crippen molar-refractivity contribution in [3.05, 3.63) is 113 Å². The summed E-state index contributed by atoms with van der Waals surface area (Å²) in [4.78, 5) is 31.3. The molecule has 3 aromatic carbocycles. The fourth-order valence-corrected chi connectivity index (χ4v) is 5.18. The van der Waals surface area contributed by atoms with Gasteiger partial charge in [0.05, 0.1) is 23.6 Å². The lowest BCUT2D eigenvalue weighted by atomic mass is 10.0. The van der Waals surface area contributed by atoms with E-state index in [2.05, 4.69) is 15.6 Å². The summed E-state index contributed by atoms with van der Waals surface area (Å²) in [5.41, 5.74) is 3.00. The normalized spacial score (nSPS) is 11.4. The number of carbonyl (C=O) groups excluding carboxylic acids is 1. The second-order valence-corrected chi connectivity index (χ2v) is 12.1. The number of nitrogens with zero attached hydrogens (tertiary/aromatic N) is 2. The van der Waals surface area contributed by atoms with Crippen LogP contribution in [-0.2, 0) is 16.4 Å². The SMILES string of the molecule is CS(=O)(=O)CNCCNC(=O)Oc1nc(-c2ccccc2)c2c(cc(-c3ccccc3)c(=O)n2Cc2ccccc2)c1O. The largest absolute Gasteiger partial charge is 0.503 e. The van der Waals surface area contributed by atoms with Gasteiger partial charge in [0.15, 0.2) is 15.6 Å². The smallest absolute Gasteiger partial charge is 0.414 e. The Bertz CT molecular complexity index is 1910.